The van der Waals surface area contributed by atoms with Crippen LogP contribution >= 0.6 is 0 Å². The van der Waals surface area contributed by atoms with Gasteiger partial charge in [-0.3, -0.25) is 4.79 Å². The van der Waals surface area contributed by atoms with Crippen molar-refractivity contribution in [1.82, 2.24) is 0 Å². The summed E-state index contributed by atoms with van der Waals surface area (Å²) in [6, 6.07) is 7.59. The van der Waals surface area contributed by atoms with Crippen LogP contribution in [-0.4, -0.2) is 19.0 Å². The van der Waals surface area contributed by atoms with Crippen LogP contribution in [0, 0.1) is 16.7 Å². The minimum atomic E-state index is -0.626. The lowest BCUT2D eigenvalue weighted by atomic mass is 9.70. The molecule has 0 aromatic heterocycles. The van der Waals surface area contributed by atoms with Crippen molar-refractivity contribution < 1.29 is 19.0 Å². The number of allylic oxidation sites excluding steroid dienone is 3. The first-order valence-corrected chi connectivity index (χ1v) is 9.54. The Labute approximate surface area is 165 Å². The molecular weight excluding hydrogens is 356 g/mol. The van der Waals surface area contributed by atoms with Crippen LogP contribution in [0.4, 0.5) is 0 Å². The Morgan fingerprint density at radius 2 is 1.96 bits per heavy atom. The summed E-state index contributed by atoms with van der Waals surface area (Å²) in [7, 11) is 0. The van der Waals surface area contributed by atoms with E-state index in [1.165, 1.54) is 0 Å². The lowest BCUT2D eigenvalue weighted by Gasteiger charge is -2.37. The van der Waals surface area contributed by atoms with Crippen molar-refractivity contribution in [2.45, 2.75) is 46.5 Å². The van der Waals surface area contributed by atoms with E-state index in [0.29, 0.717) is 54.5 Å². The van der Waals surface area contributed by atoms with Gasteiger partial charge in [-0.15, -0.1) is 0 Å². The molecule has 0 radical (unpaired) electrons. The molecule has 0 unspecified atom stereocenters. The van der Waals surface area contributed by atoms with E-state index in [2.05, 4.69) is 6.07 Å². The zero-order valence-corrected chi connectivity index (χ0v) is 16.8. The highest BCUT2D eigenvalue weighted by Crippen LogP contribution is 2.50. The van der Waals surface area contributed by atoms with Crippen LogP contribution in [-0.2, 0) is 9.53 Å². The molecule has 0 amide bonds. The average Bonchev–Trinajstić information content (AvgIpc) is 2.61. The molecule has 0 spiro atoms. The molecule has 1 aromatic carbocycles. The smallest absolute Gasteiger partial charge is 0.205 e. The van der Waals surface area contributed by atoms with E-state index in [1.54, 1.807) is 0 Å². The van der Waals surface area contributed by atoms with E-state index in [4.69, 9.17) is 19.9 Å². The van der Waals surface area contributed by atoms with Crippen molar-refractivity contribution in [3.8, 4) is 17.6 Å². The summed E-state index contributed by atoms with van der Waals surface area (Å²) in [6.45, 7) is 8.79. The summed E-state index contributed by atoms with van der Waals surface area (Å²) in [5.41, 5.74) is 7.29. The predicted molar refractivity (Wildman–Crippen MR) is 104 cm³/mol. The van der Waals surface area contributed by atoms with Crippen LogP contribution in [0.15, 0.2) is 41.0 Å². The van der Waals surface area contributed by atoms with Gasteiger partial charge in [-0.1, -0.05) is 13.8 Å². The highest BCUT2D eigenvalue weighted by molar-refractivity contribution is 6.00. The van der Waals surface area contributed by atoms with Gasteiger partial charge in [-0.2, -0.15) is 5.26 Å². The van der Waals surface area contributed by atoms with E-state index in [9.17, 15) is 10.1 Å². The first kappa shape index (κ1) is 19.8. The summed E-state index contributed by atoms with van der Waals surface area (Å²) in [5, 5.41) is 9.79. The fraction of sp³-hybridized carbons (Fsp3) is 0.455. The second-order valence-corrected chi connectivity index (χ2v) is 7.77. The van der Waals surface area contributed by atoms with Crippen molar-refractivity contribution in [2.24, 2.45) is 11.1 Å². The maximum absolute atomic E-state index is 13.1. The third-order valence-corrected chi connectivity index (χ3v) is 4.98. The van der Waals surface area contributed by atoms with Crippen molar-refractivity contribution in [1.29, 1.82) is 5.26 Å². The van der Waals surface area contributed by atoms with E-state index >= 15 is 0 Å². The van der Waals surface area contributed by atoms with Gasteiger partial charge >= 0.3 is 0 Å². The van der Waals surface area contributed by atoms with Gasteiger partial charge in [0.1, 0.15) is 28.9 Å². The summed E-state index contributed by atoms with van der Waals surface area (Å²) in [4.78, 5) is 13.1. The zero-order chi connectivity index (χ0) is 20.5. The van der Waals surface area contributed by atoms with E-state index in [-0.39, 0.29) is 22.7 Å². The van der Waals surface area contributed by atoms with Crippen molar-refractivity contribution in [3.05, 3.63) is 46.6 Å². The lowest BCUT2D eigenvalue weighted by molar-refractivity contribution is -0.119. The van der Waals surface area contributed by atoms with Gasteiger partial charge in [0.25, 0.3) is 0 Å². The maximum atomic E-state index is 13.1. The van der Waals surface area contributed by atoms with Gasteiger partial charge in [0.05, 0.1) is 19.1 Å². The molecule has 1 aromatic rings. The summed E-state index contributed by atoms with van der Waals surface area (Å²) in [5.74, 6) is 1.19. The average molecular weight is 382 g/mol. The zero-order valence-electron chi connectivity index (χ0n) is 16.8. The highest BCUT2D eigenvalue weighted by atomic mass is 16.5. The number of hydrogen-bond acceptors (Lipinski definition) is 6. The number of hydrogen-bond donors (Lipinski definition) is 1. The number of nitriles is 1. The molecule has 0 bridgehead atoms. The van der Waals surface area contributed by atoms with Crippen LogP contribution in [0.1, 0.15) is 52.0 Å². The van der Waals surface area contributed by atoms with Gasteiger partial charge in [0.15, 0.2) is 5.78 Å². The molecule has 148 valence electrons. The molecule has 2 N–H and O–H groups in total. The van der Waals surface area contributed by atoms with E-state index in [1.807, 2.05) is 45.9 Å². The number of Topliss-reactive ketones (excluding diaryl/α,β-unsaturated/α-hetero) is 1. The number of rotatable bonds is 5. The normalized spacial score (nSPS) is 21.0. The topological polar surface area (TPSA) is 94.6 Å². The minimum Gasteiger partial charge on any atom is -0.494 e. The molecule has 1 aliphatic heterocycles. The Balaban J connectivity index is 2.23. The molecule has 6 heteroatoms. The number of carbonyl (C=O) groups excluding carboxylic acids is 1. The van der Waals surface area contributed by atoms with Crippen LogP contribution in [0.25, 0.3) is 0 Å². The molecule has 1 heterocycles. The molecular formula is C22H26N2O4. The Morgan fingerprint density at radius 1 is 1.25 bits per heavy atom. The SMILES string of the molecule is CCOc1ccc(OCC)c([C@H]2C(C#N)=C(N)OC3=C2C(=O)CC(C)(C)C3)c1. The third kappa shape index (κ3) is 3.57. The molecule has 0 saturated heterocycles. The summed E-state index contributed by atoms with van der Waals surface area (Å²) >= 11 is 0. The maximum Gasteiger partial charge on any atom is 0.205 e. The number of carbonyl (C=O) groups is 1. The fourth-order valence-electron chi connectivity index (χ4n) is 3.89. The van der Waals surface area contributed by atoms with E-state index < -0.39 is 5.92 Å². The molecule has 6 nitrogen and oxygen atoms in total. The summed E-state index contributed by atoms with van der Waals surface area (Å²) in [6.07, 6.45) is 0.971. The Hall–Kier alpha value is -2.94. The molecule has 28 heavy (non-hydrogen) atoms. The van der Waals surface area contributed by atoms with E-state index in [0.717, 1.165) is 0 Å². The first-order chi connectivity index (χ1) is 13.3. The minimum absolute atomic E-state index is 0.0271. The van der Waals surface area contributed by atoms with Crippen LogP contribution in [0.2, 0.25) is 0 Å². The highest BCUT2D eigenvalue weighted by Gasteiger charge is 2.43. The van der Waals surface area contributed by atoms with Crippen LogP contribution in [0.3, 0.4) is 0 Å². The Kier molecular flexibility index (Phi) is 5.37. The molecule has 3 rings (SSSR count). The Morgan fingerprint density at radius 3 is 2.61 bits per heavy atom. The van der Waals surface area contributed by atoms with Gasteiger partial charge in [0.2, 0.25) is 5.88 Å². The molecule has 0 saturated carbocycles. The van der Waals surface area contributed by atoms with Crippen LogP contribution < -0.4 is 15.2 Å². The number of nitrogens with zero attached hydrogens (tertiary/aromatic N) is 1. The molecule has 2 aliphatic rings. The Bertz CT molecular complexity index is 906. The van der Waals surface area contributed by atoms with Crippen molar-refractivity contribution >= 4 is 5.78 Å². The molecule has 1 aliphatic carbocycles. The number of nitrogens with two attached hydrogens (primary N) is 1. The van der Waals surface area contributed by atoms with Gasteiger partial charge in [0, 0.05) is 24.0 Å². The van der Waals surface area contributed by atoms with Crippen LogP contribution in [0.5, 0.6) is 11.5 Å². The predicted octanol–water partition coefficient (Wildman–Crippen LogP) is 3.93. The summed E-state index contributed by atoms with van der Waals surface area (Å²) < 4.78 is 17.2. The molecule has 1 atom stereocenters. The largest absolute Gasteiger partial charge is 0.494 e. The molecule has 0 fully saturated rings. The van der Waals surface area contributed by atoms with Crippen molar-refractivity contribution in [3.63, 3.8) is 0 Å². The lowest BCUT2D eigenvalue weighted by Crippen LogP contribution is -2.33. The third-order valence-electron chi connectivity index (χ3n) is 4.98. The standard InChI is InChI=1S/C22H26N2O4/c1-5-26-13-7-8-17(27-6-2)14(9-13)19-15(12-23)21(24)28-18-11-22(3,4)10-16(25)20(18)19/h7-9,19H,5-6,10-11,24H2,1-4H3/t19-/m0/s1. The number of ether oxygens (including phenoxy) is 3. The quantitative estimate of drug-likeness (QED) is 0.829. The monoisotopic (exact) mass is 382 g/mol. The number of benzene rings is 1. The van der Waals surface area contributed by atoms with Crippen molar-refractivity contribution in [2.75, 3.05) is 13.2 Å². The van der Waals surface area contributed by atoms with Gasteiger partial charge < -0.3 is 19.9 Å². The fourth-order valence-corrected chi connectivity index (χ4v) is 3.89. The van der Waals surface area contributed by atoms with Gasteiger partial charge in [-0.25, -0.2) is 0 Å². The number of ketones is 1. The first-order valence-electron chi connectivity index (χ1n) is 9.54. The van der Waals surface area contributed by atoms with Gasteiger partial charge in [-0.05, 0) is 37.5 Å². The second-order valence-electron chi connectivity index (χ2n) is 7.77. The second kappa shape index (κ2) is 7.59.